The third-order valence-corrected chi connectivity index (χ3v) is 5.01. The number of carbonyl (C=O) groups is 1. The van der Waals surface area contributed by atoms with Crippen molar-refractivity contribution in [1.29, 1.82) is 0 Å². The first-order chi connectivity index (χ1) is 11.5. The number of halogens is 1. The maximum absolute atomic E-state index is 12.5. The minimum absolute atomic E-state index is 0.211. The van der Waals surface area contributed by atoms with Gasteiger partial charge in [0.25, 0.3) is 5.91 Å². The first-order valence-electron chi connectivity index (χ1n) is 7.40. The predicted octanol–water partition coefficient (Wildman–Crippen LogP) is 5.76. The lowest BCUT2D eigenvalue weighted by Crippen LogP contribution is -2.10. The molecule has 0 bridgehead atoms. The van der Waals surface area contributed by atoms with Crippen LogP contribution in [-0.4, -0.2) is 12.5 Å². The predicted molar refractivity (Wildman–Crippen MR) is 102 cm³/mol. The van der Waals surface area contributed by atoms with Crippen molar-refractivity contribution in [2.45, 2.75) is 6.92 Å². The van der Waals surface area contributed by atoms with E-state index in [4.69, 9.17) is 16.3 Å². The minimum Gasteiger partial charge on any atom is -0.489 e. The Morgan fingerprint density at radius 1 is 1.21 bits per heavy atom. The number of ether oxygens (including phenoxy) is 1. The molecule has 0 aliphatic carbocycles. The minimum atomic E-state index is -0.211. The summed E-state index contributed by atoms with van der Waals surface area (Å²) < 4.78 is 6.54. The third kappa shape index (κ3) is 3.61. The van der Waals surface area contributed by atoms with E-state index in [2.05, 4.69) is 11.9 Å². The molecule has 0 radical (unpaired) electrons. The average Bonchev–Trinajstić information content (AvgIpc) is 2.92. The van der Waals surface area contributed by atoms with E-state index in [-0.39, 0.29) is 5.91 Å². The topological polar surface area (TPSA) is 38.3 Å². The summed E-state index contributed by atoms with van der Waals surface area (Å²) >= 11 is 7.72. The number of nitrogens with one attached hydrogen (secondary N) is 1. The van der Waals surface area contributed by atoms with Crippen LogP contribution >= 0.6 is 22.9 Å². The zero-order valence-electron chi connectivity index (χ0n) is 13.1. The van der Waals surface area contributed by atoms with Gasteiger partial charge in [0.2, 0.25) is 0 Å². The van der Waals surface area contributed by atoms with Gasteiger partial charge >= 0.3 is 0 Å². The normalized spacial score (nSPS) is 10.6. The number of hydrogen-bond donors (Lipinski definition) is 1. The Balaban J connectivity index is 1.74. The largest absolute Gasteiger partial charge is 0.489 e. The molecule has 1 heterocycles. The Morgan fingerprint density at radius 3 is 2.58 bits per heavy atom. The fourth-order valence-electron chi connectivity index (χ4n) is 2.19. The Morgan fingerprint density at radius 2 is 1.92 bits per heavy atom. The van der Waals surface area contributed by atoms with Crippen molar-refractivity contribution in [1.82, 2.24) is 0 Å². The molecule has 1 amide bonds. The Bertz CT molecular complexity index is 899. The number of amides is 1. The van der Waals surface area contributed by atoms with Gasteiger partial charge in [-0.25, -0.2) is 0 Å². The van der Waals surface area contributed by atoms with Gasteiger partial charge in [0.15, 0.2) is 0 Å². The maximum Gasteiger partial charge on any atom is 0.267 e. The highest BCUT2D eigenvalue weighted by Crippen LogP contribution is 2.35. The number of hydrogen-bond acceptors (Lipinski definition) is 3. The molecule has 122 valence electrons. The van der Waals surface area contributed by atoms with Crippen molar-refractivity contribution >= 4 is 44.6 Å². The first-order valence-corrected chi connectivity index (χ1v) is 8.59. The van der Waals surface area contributed by atoms with Crippen LogP contribution in [0.3, 0.4) is 0 Å². The van der Waals surface area contributed by atoms with Crippen molar-refractivity contribution in [2.24, 2.45) is 0 Å². The Kier molecular flexibility index (Phi) is 4.88. The number of thiophene rings is 1. The monoisotopic (exact) mass is 357 g/mol. The molecule has 0 saturated heterocycles. The van der Waals surface area contributed by atoms with Gasteiger partial charge in [-0.05, 0) is 42.8 Å². The lowest BCUT2D eigenvalue weighted by atomic mass is 10.2. The van der Waals surface area contributed by atoms with E-state index in [1.807, 2.05) is 43.3 Å². The van der Waals surface area contributed by atoms with E-state index in [1.54, 1.807) is 12.1 Å². The van der Waals surface area contributed by atoms with E-state index in [0.717, 1.165) is 21.4 Å². The van der Waals surface area contributed by atoms with Gasteiger partial charge < -0.3 is 10.1 Å². The van der Waals surface area contributed by atoms with Crippen LogP contribution in [0.1, 0.15) is 16.6 Å². The molecule has 3 rings (SSSR count). The number of anilines is 1. The number of fused-ring (bicyclic) bond motifs is 1. The van der Waals surface area contributed by atoms with Gasteiger partial charge in [-0.2, -0.15) is 0 Å². The van der Waals surface area contributed by atoms with Crippen LogP contribution in [0.15, 0.2) is 60.7 Å². The van der Waals surface area contributed by atoms with Crippen molar-refractivity contribution in [3.05, 3.63) is 70.6 Å². The van der Waals surface area contributed by atoms with Gasteiger partial charge in [-0.1, -0.05) is 36.4 Å². The smallest absolute Gasteiger partial charge is 0.267 e. The summed E-state index contributed by atoms with van der Waals surface area (Å²) in [4.78, 5) is 13.0. The third-order valence-electron chi connectivity index (χ3n) is 3.34. The second-order valence-electron chi connectivity index (χ2n) is 5.47. The zero-order chi connectivity index (χ0) is 17.1. The number of rotatable bonds is 5. The van der Waals surface area contributed by atoms with Crippen LogP contribution in [0.4, 0.5) is 5.69 Å². The molecule has 0 unspecified atom stereocenters. The second-order valence-corrected chi connectivity index (χ2v) is 6.90. The molecule has 0 saturated carbocycles. The fourth-order valence-corrected chi connectivity index (χ4v) is 3.60. The summed E-state index contributed by atoms with van der Waals surface area (Å²) in [6.07, 6.45) is 0. The van der Waals surface area contributed by atoms with Crippen LogP contribution in [0.25, 0.3) is 10.1 Å². The average molecular weight is 358 g/mol. The van der Waals surface area contributed by atoms with Crippen LogP contribution in [0.5, 0.6) is 5.75 Å². The molecule has 1 N–H and O–H groups in total. The van der Waals surface area contributed by atoms with Crippen LogP contribution in [0, 0.1) is 0 Å². The van der Waals surface area contributed by atoms with Gasteiger partial charge in [-0.3, -0.25) is 4.79 Å². The maximum atomic E-state index is 12.5. The standard InChI is InChI=1S/C19H16ClNO2S/c1-12(2)11-23-14-9-7-13(8-10-14)21-19(22)18-17(20)15-5-3-4-6-16(15)24-18/h3-10H,1,11H2,2H3,(H,21,22). The molecule has 0 aliphatic rings. The first kappa shape index (κ1) is 16.6. The van der Waals surface area contributed by atoms with E-state index < -0.39 is 0 Å². The molecule has 0 atom stereocenters. The molecule has 1 aromatic heterocycles. The summed E-state index contributed by atoms with van der Waals surface area (Å²) in [5.41, 5.74) is 1.64. The molecule has 0 fully saturated rings. The molecular weight excluding hydrogens is 342 g/mol. The molecule has 3 aromatic rings. The molecule has 0 aliphatic heterocycles. The summed E-state index contributed by atoms with van der Waals surface area (Å²) in [6.45, 7) is 6.17. The highest BCUT2D eigenvalue weighted by Gasteiger charge is 2.16. The summed E-state index contributed by atoms with van der Waals surface area (Å²) in [7, 11) is 0. The summed E-state index contributed by atoms with van der Waals surface area (Å²) in [6, 6.07) is 14.9. The molecule has 5 heteroatoms. The van der Waals surface area contributed by atoms with Crippen LogP contribution in [0.2, 0.25) is 5.02 Å². The van der Waals surface area contributed by atoms with Crippen LogP contribution < -0.4 is 10.1 Å². The Labute approximate surface area is 149 Å². The molecule has 0 spiro atoms. The van der Waals surface area contributed by atoms with Crippen molar-refractivity contribution in [2.75, 3.05) is 11.9 Å². The van der Waals surface area contributed by atoms with Gasteiger partial charge in [0.1, 0.15) is 17.2 Å². The highest BCUT2D eigenvalue weighted by atomic mass is 35.5. The van der Waals surface area contributed by atoms with E-state index >= 15 is 0 Å². The van der Waals surface area contributed by atoms with E-state index in [1.165, 1.54) is 11.3 Å². The van der Waals surface area contributed by atoms with Crippen molar-refractivity contribution in [3.63, 3.8) is 0 Å². The molecule has 3 nitrogen and oxygen atoms in total. The lowest BCUT2D eigenvalue weighted by molar-refractivity contribution is 0.103. The van der Waals surface area contributed by atoms with E-state index in [0.29, 0.717) is 22.2 Å². The van der Waals surface area contributed by atoms with Gasteiger partial charge in [-0.15, -0.1) is 11.3 Å². The van der Waals surface area contributed by atoms with Crippen molar-refractivity contribution < 1.29 is 9.53 Å². The highest BCUT2D eigenvalue weighted by molar-refractivity contribution is 7.21. The molecular formula is C19H16ClNO2S. The second kappa shape index (κ2) is 7.07. The number of benzene rings is 2. The lowest BCUT2D eigenvalue weighted by Gasteiger charge is -2.08. The fraction of sp³-hybridized carbons (Fsp3) is 0.105. The van der Waals surface area contributed by atoms with Crippen molar-refractivity contribution in [3.8, 4) is 5.75 Å². The number of carbonyl (C=O) groups excluding carboxylic acids is 1. The zero-order valence-corrected chi connectivity index (χ0v) is 14.7. The van der Waals surface area contributed by atoms with E-state index in [9.17, 15) is 4.79 Å². The summed E-state index contributed by atoms with van der Waals surface area (Å²) in [5.74, 6) is 0.521. The van der Waals surface area contributed by atoms with Crippen LogP contribution in [-0.2, 0) is 0 Å². The molecule has 24 heavy (non-hydrogen) atoms. The molecule has 2 aromatic carbocycles. The quantitative estimate of drug-likeness (QED) is 0.589. The van der Waals surface area contributed by atoms with Gasteiger partial charge in [0, 0.05) is 15.8 Å². The SMILES string of the molecule is C=C(C)COc1ccc(NC(=O)c2sc3ccccc3c2Cl)cc1. The summed E-state index contributed by atoms with van der Waals surface area (Å²) in [5, 5.41) is 4.26. The Hall–Kier alpha value is -2.30. The van der Waals surface area contributed by atoms with Gasteiger partial charge in [0.05, 0.1) is 5.02 Å².